The van der Waals surface area contributed by atoms with E-state index in [-0.39, 0.29) is 11.4 Å². The normalized spacial score (nSPS) is 10.9. The van der Waals surface area contributed by atoms with Gasteiger partial charge >= 0.3 is 0 Å². The Morgan fingerprint density at radius 2 is 2.00 bits per heavy atom. The highest BCUT2D eigenvalue weighted by molar-refractivity contribution is 7.90. The fraction of sp³-hybridized carbons (Fsp3) is 0.143. The zero-order chi connectivity index (χ0) is 16.9. The highest BCUT2D eigenvalue weighted by Gasteiger charge is 2.14. The molecule has 0 radical (unpaired) electrons. The lowest BCUT2D eigenvalue weighted by atomic mass is 10.2. The Labute approximate surface area is 133 Å². The first-order chi connectivity index (χ1) is 10.9. The molecule has 1 heterocycles. The molecule has 23 heavy (non-hydrogen) atoms. The maximum atomic E-state index is 12.3. The van der Waals surface area contributed by atoms with Crippen molar-refractivity contribution in [2.24, 2.45) is 5.14 Å². The quantitative estimate of drug-likeness (QED) is 0.734. The Morgan fingerprint density at radius 3 is 2.70 bits per heavy atom. The molecule has 2 rings (SSSR count). The van der Waals surface area contributed by atoms with Crippen LogP contribution in [0.3, 0.4) is 0 Å². The summed E-state index contributed by atoms with van der Waals surface area (Å²) in [5.41, 5.74) is 0.757. The second kappa shape index (κ2) is 7.07. The van der Waals surface area contributed by atoms with Gasteiger partial charge in [-0.1, -0.05) is 6.07 Å². The molecule has 0 aliphatic rings. The van der Waals surface area contributed by atoms with Crippen LogP contribution < -0.4 is 19.9 Å². The number of nitrogens with two attached hydrogens (primary N) is 1. The fourth-order valence-electron chi connectivity index (χ4n) is 1.85. The van der Waals surface area contributed by atoms with E-state index >= 15 is 0 Å². The SMILES string of the molecule is CCOc1cccnc1C(=O)Nc1cccc(NS(N)(=O)=O)c1. The zero-order valence-corrected chi connectivity index (χ0v) is 13.1. The third-order valence-corrected chi connectivity index (χ3v) is 3.19. The first-order valence-corrected chi connectivity index (χ1v) is 8.23. The molecule has 0 saturated carbocycles. The number of carbonyl (C=O) groups is 1. The van der Waals surface area contributed by atoms with Crippen molar-refractivity contribution in [1.29, 1.82) is 0 Å². The number of carbonyl (C=O) groups excluding carboxylic acids is 1. The number of hydrogen-bond donors (Lipinski definition) is 3. The molecule has 0 bridgehead atoms. The van der Waals surface area contributed by atoms with E-state index in [1.54, 1.807) is 31.2 Å². The predicted molar refractivity (Wildman–Crippen MR) is 86.5 cm³/mol. The maximum Gasteiger partial charge on any atom is 0.296 e. The smallest absolute Gasteiger partial charge is 0.296 e. The minimum absolute atomic E-state index is 0.138. The number of benzene rings is 1. The number of nitrogens with one attached hydrogen (secondary N) is 2. The number of rotatable bonds is 6. The van der Waals surface area contributed by atoms with Crippen LogP contribution in [-0.4, -0.2) is 25.9 Å². The van der Waals surface area contributed by atoms with Gasteiger partial charge in [-0.15, -0.1) is 0 Å². The Kier molecular flexibility index (Phi) is 5.14. The first kappa shape index (κ1) is 16.7. The number of pyridine rings is 1. The third kappa shape index (κ3) is 4.94. The van der Waals surface area contributed by atoms with Crippen LogP contribution in [0.4, 0.5) is 11.4 Å². The molecule has 0 unspecified atom stereocenters. The lowest BCUT2D eigenvalue weighted by Crippen LogP contribution is -2.21. The minimum Gasteiger partial charge on any atom is -0.491 e. The largest absolute Gasteiger partial charge is 0.491 e. The summed E-state index contributed by atoms with van der Waals surface area (Å²) in [7, 11) is -3.88. The Hall–Kier alpha value is -2.65. The summed E-state index contributed by atoms with van der Waals surface area (Å²) in [6, 6.07) is 9.43. The molecule has 0 aliphatic carbocycles. The van der Waals surface area contributed by atoms with Crippen molar-refractivity contribution in [2.45, 2.75) is 6.92 Å². The molecule has 0 spiro atoms. The molecule has 0 aliphatic heterocycles. The lowest BCUT2D eigenvalue weighted by Gasteiger charge is -2.10. The van der Waals surface area contributed by atoms with Gasteiger partial charge in [-0.3, -0.25) is 9.52 Å². The summed E-state index contributed by atoms with van der Waals surface area (Å²) in [4.78, 5) is 16.3. The Bertz CT molecular complexity index is 808. The summed E-state index contributed by atoms with van der Waals surface area (Å²) in [6.45, 7) is 2.21. The van der Waals surface area contributed by atoms with Crippen LogP contribution in [0.2, 0.25) is 0 Å². The van der Waals surface area contributed by atoms with E-state index in [2.05, 4.69) is 15.0 Å². The van der Waals surface area contributed by atoms with E-state index in [1.807, 2.05) is 0 Å². The molecule has 0 saturated heterocycles. The van der Waals surface area contributed by atoms with Crippen LogP contribution in [-0.2, 0) is 10.2 Å². The van der Waals surface area contributed by atoms with Gasteiger partial charge in [0.2, 0.25) is 0 Å². The summed E-state index contributed by atoms with van der Waals surface area (Å²) in [5, 5.41) is 7.54. The molecule has 9 heteroatoms. The van der Waals surface area contributed by atoms with E-state index in [0.717, 1.165) is 0 Å². The Balaban J connectivity index is 2.19. The van der Waals surface area contributed by atoms with Crippen molar-refractivity contribution in [3.63, 3.8) is 0 Å². The second-order valence-electron chi connectivity index (χ2n) is 4.47. The van der Waals surface area contributed by atoms with Crippen LogP contribution in [0, 0.1) is 0 Å². The molecule has 2 aromatic rings. The third-order valence-electron chi connectivity index (χ3n) is 2.67. The van der Waals surface area contributed by atoms with Crippen LogP contribution in [0.5, 0.6) is 5.75 Å². The van der Waals surface area contributed by atoms with Gasteiger partial charge in [0.05, 0.1) is 12.3 Å². The average molecular weight is 336 g/mol. The fourth-order valence-corrected chi connectivity index (χ4v) is 2.30. The van der Waals surface area contributed by atoms with E-state index in [0.29, 0.717) is 18.0 Å². The van der Waals surface area contributed by atoms with Gasteiger partial charge in [-0.05, 0) is 37.3 Å². The van der Waals surface area contributed by atoms with Crippen molar-refractivity contribution >= 4 is 27.5 Å². The summed E-state index contributed by atoms with van der Waals surface area (Å²) < 4.78 is 29.5. The Morgan fingerprint density at radius 1 is 1.26 bits per heavy atom. The average Bonchev–Trinajstić information content (AvgIpc) is 2.46. The van der Waals surface area contributed by atoms with Crippen molar-refractivity contribution in [1.82, 2.24) is 4.98 Å². The van der Waals surface area contributed by atoms with Crippen LogP contribution in [0.1, 0.15) is 17.4 Å². The molecular weight excluding hydrogens is 320 g/mol. The zero-order valence-electron chi connectivity index (χ0n) is 12.3. The molecule has 0 fully saturated rings. The van der Waals surface area contributed by atoms with Crippen molar-refractivity contribution in [3.8, 4) is 5.75 Å². The topological polar surface area (TPSA) is 123 Å². The molecule has 1 amide bonds. The van der Waals surface area contributed by atoms with Gasteiger partial charge in [0.25, 0.3) is 16.1 Å². The first-order valence-electron chi connectivity index (χ1n) is 6.69. The van der Waals surface area contributed by atoms with Crippen LogP contribution in [0.25, 0.3) is 0 Å². The number of nitrogens with zero attached hydrogens (tertiary/aromatic N) is 1. The van der Waals surface area contributed by atoms with E-state index in [9.17, 15) is 13.2 Å². The molecular formula is C14H16N4O4S. The van der Waals surface area contributed by atoms with Crippen molar-refractivity contribution < 1.29 is 17.9 Å². The summed E-state index contributed by atoms with van der Waals surface area (Å²) in [6.07, 6.45) is 1.48. The van der Waals surface area contributed by atoms with Gasteiger partial charge < -0.3 is 10.1 Å². The molecule has 8 nitrogen and oxygen atoms in total. The summed E-state index contributed by atoms with van der Waals surface area (Å²) in [5.74, 6) is -0.104. The lowest BCUT2D eigenvalue weighted by molar-refractivity contribution is 0.101. The van der Waals surface area contributed by atoms with Crippen LogP contribution in [0.15, 0.2) is 42.6 Å². The molecule has 0 atom stereocenters. The number of amides is 1. The maximum absolute atomic E-state index is 12.3. The summed E-state index contributed by atoms with van der Waals surface area (Å²) >= 11 is 0. The highest BCUT2D eigenvalue weighted by Crippen LogP contribution is 2.19. The van der Waals surface area contributed by atoms with Crippen molar-refractivity contribution in [2.75, 3.05) is 16.6 Å². The van der Waals surface area contributed by atoms with E-state index < -0.39 is 16.1 Å². The number of anilines is 2. The number of aromatic nitrogens is 1. The standard InChI is InChI=1S/C14H16N4O4S/c1-2-22-12-7-4-8-16-13(12)14(19)17-10-5-3-6-11(9-10)18-23(15,20)21/h3-9,18H,2H2,1H3,(H,17,19)(H2,15,20,21). The van der Waals surface area contributed by atoms with Gasteiger partial charge in [0, 0.05) is 11.9 Å². The van der Waals surface area contributed by atoms with Gasteiger partial charge in [0.1, 0.15) is 0 Å². The predicted octanol–water partition coefficient (Wildman–Crippen LogP) is 1.35. The minimum atomic E-state index is -3.88. The molecule has 4 N–H and O–H groups in total. The molecule has 1 aromatic heterocycles. The van der Waals surface area contributed by atoms with Crippen molar-refractivity contribution in [3.05, 3.63) is 48.3 Å². The monoisotopic (exact) mass is 336 g/mol. The van der Waals surface area contributed by atoms with Crippen LogP contribution >= 0.6 is 0 Å². The van der Waals surface area contributed by atoms with Gasteiger partial charge in [0.15, 0.2) is 11.4 Å². The van der Waals surface area contributed by atoms with E-state index in [1.165, 1.54) is 18.3 Å². The number of hydrogen-bond acceptors (Lipinski definition) is 5. The van der Waals surface area contributed by atoms with E-state index in [4.69, 9.17) is 9.88 Å². The highest BCUT2D eigenvalue weighted by atomic mass is 32.2. The molecule has 122 valence electrons. The van der Waals surface area contributed by atoms with Gasteiger partial charge in [-0.25, -0.2) is 10.1 Å². The number of ether oxygens (including phenoxy) is 1. The second-order valence-corrected chi connectivity index (χ2v) is 5.76. The molecule has 1 aromatic carbocycles. The van der Waals surface area contributed by atoms with Gasteiger partial charge in [-0.2, -0.15) is 8.42 Å².